The Labute approximate surface area is 178 Å². The molecule has 6 heteroatoms. The van der Waals surface area contributed by atoms with Gasteiger partial charge in [-0.25, -0.2) is 0 Å². The Morgan fingerprint density at radius 3 is 2.10 bits per heavy atom. The Morgan fingerprint density at radius 2 is 1.53 bits per heavy atom. The van der Waals surface area contributed by atoms with Gasteiger partial charge >= 0.3 is 0 Å². The first-order chi connectivity index (χ1) is 14.4. The molecule has 0 atom stereocenters. The fraction of sp³-hybridized carbons (Fsp3) is 0.708. The van der Waals surface area contributed by atoms with E-state index in [9.17, 15) is 14.4 Å². The molecule has 5 aliphatic rings. The molecule has 4 aliphatic carbocycles. The van der Waals surface area contributed by atoms with Crippen LogP contribution < -0.4 is 10.9 Å². The third-order valence-corrected chi connectivity index (χ3v) is 8.09. The lowest BCUT2D eigenvalue weighted by molar-refractivity contribution is -0.140. The highest BCUT2D eigenvalue weighted by atomic mass is 16.2. The van der Waals surface area contributed by atoms with E-state index in [1.165, 1.54) is 23.8 Å². The molecule has 1 saturated heterocycles. The zero-order valence-corrected chi connectivity index (χ0v) is 18.0. The van der Waals surface area contributed by atoms with Crippen molar-refractivity contribution in [3.05, 3.63) is 28.2 Å². The van der Waals surface area contributed by atoms with E-state index in [4.69, 9.17) is 0 Å². The number of hydrogen-bond donors (Lipinski definition) is 1. The second-order valence-electron chi connectivity index (χ2n) is 10.4. The number of pyridine rings is 1. The van der Waals surface area contributed by atoms with Crippen molar-refractivity contribution in [3.63, 3.8) is 0 Å². The van der Waals surface area contributed by atoms with Crippen molar-refractivity contribution in [2.45, 2.75) is 64.2 Å². The zero-order valence-electron chi connectivity index (χ0n) is 18.0. The molecule has 0 spiro atoms. The van der Waals surface area contributed by atoms with Gasteiger partial charge in [-0.05, 0) is 75.2 Å². The smallest absolute Gasteiger partial charge is 0.274 e. The van der Waals surface area contributed by atoms with Crippen molar-refractivity contribution in [1.82, 2.24) is 9.47 Å². The van der Waals surface area contributed by atoms with Gasteiger partial charge in [-0.3, -0.25) is 14.4 Å². The molecule has 162 valence electrons. The van der Waals surface area contributed by atoms with Crippen molar-refractivity contribution >= 4 is 17.5 Å². The molecule has 1 aliphatic heterocycles. The molecular formula is C24H33N3O3. The van der Waals surface area contributed by atoms with Crippen LogP contribution >= 0.6 is 0 Å². The minimum absolute atomic E-state index is 0.00179. The van der Waals surface area contributed by atoms with Gasteiger partial charge in [0.1, 0.15) is 5.69 Å². The summed E-state index contributed by atoms with van der Waals surface area (Å²) in [5.41, 5.74) is 0.170. The molecule has 30 heavy (non-hydrogen) atoms. The van der Waals surface area contributed by atoms with Crippen LogP contribution in [0, 0.1) is 23.2 Å². The molecule has 0 aromatic carbocycles. The summed E-state index contributed by atoms with van der Waals surface area (Å²) >= 11 is 0. The summed E-state index contributed by atoms with van der Waals surface area (Å²) < 4.78 is 1.43. The standard InChI is InChI=1S/C24H33N3O3/c1-26-15-19(21(28)27-6-4-2-3-5-7-27)11-20(22(26)29)25-23(30)24-12-16-8-17(13-24)10-18(9-16)14-24/h11,15-18H,2-10,12-14H2,1H3,(H,25,30). The number of anilines is 1. The highest BCUT2D eigenvalue weighted by molar-refractivity contribution is 5.98. The van der Waals surface area contributed by atoms with Crippen molar-refractivity contribution in [1.29, 1.82) is 0 Å². The number of carbonyl (C=O) groups is 2. The van der Waals surface area contributed by atoms with Crippen LogP contribution in [0.15, 0.2) is 17.1 Å². The summed E-state index contributed by atoms with van der Waals surface area (Å²) in [5.74, 6) is 1.96. The van der Waals surface area contributed by atoms with Crippen LogP contribution in [-0.2, 0) is 11.8 Å². The topological polar surface area (TPSA) is 71.4 Å². The van der Waals surface area contributed by atoms with Crippen LogP contribution in [0.1, 0.15) is 74.6 Å². The van der Waals surface area contributed by atoms with E-state index in [1.807, 2.05) is 4.90 Å². The molecule has 0 unspecified atom stereocenters. The average Bonchev–Trinajstić information content (AvgIpc) is 2.99. The number of amides is 2. The van der Waals surface area contributed by atoms with Crippen molar-refractivity contribution in [2.75, 3.05) is 18.4 Å². The van der Waals surface area contributed by atoms with Crippen LogP contribution in [0.5, 0.6) is 0 Å². The van der Waals surface area contributed by atoms with Gasteiger partial charge in [0.05, 0.1) is 11.0 Å². The predicted octanol–water partition coefficient (Wildman–Crippen LogP) is 3.56. The number of nitrogens with zero attached hydrogens (tertiary/aromatic N) is 2. The van der Waals surface area contributed by atoms with Gasteiger partial charge in [0.2, 0.25) is 5.91 Å². The quantitative estimate of drug-likeness (QED) is 0.827. The number of carbonyl (C=O) groups excluding carboxylic acids is 2. The molecule has 6 nitrogen and oxygen atoms in total. The van der Waals surface area contributed by atoms with Gasteiger partial charge in [-0.2, -0.15) is 0 Å². The minimum Gasteiger partial charge on any atom is -0.339 e. The molecule has 1 aromatic rings. The van der Waals surface area contributed by atoms with Crippen LogP contribution in [0.25, 0.3) is 0 Å². The fourth-order valence-electron chi connectivity index (χ4n) is 7.02. The Kier molecular flexibility index (Phi) is 4.98. The third-order valence-electron chi connectivity index (χ3n) is 8.09. The van der Waals surface area contributed by atoms with Gasteiger partial charge in [0.15, 0.2) is 0 Å². The Bertz CT molecular complexity index is 875. The lowest BCUT2D eigenvalue weighted by atomic mass is 9.49. The lowest BCUT2D eigenvalue weighted by Crippen LogP contribution is -2.52. The molecule has 4 bridgehead atoms. The predicted molar refractivity (Wildman–Crippen MR) is 115 cm³/mol. The number of rotatable bonds is 3. The summed E-state index contributed by atoms with van der Waals surface area (Å²) in [7, 11) is 1.65. The van der Waals surface area contributed by atoms with E-state index in [0.717, 1.165) is 58.0 Å². The summed E-state index contributed by atoms with van der Waals surface area (Å²) in [6.07, 6.45) is 12.6. The van der Waals surface area contributed by atoms with Crippen LogP contribution in [0.4, 0.5) is 5.69 Å². The van der Waals surface area contributed by atoms with Crippen molar-refractivity contribution in [2.24, 2.45) is 30.2 Å². The van der Waals surface area contributed by atoms with Crippen LogP contribution in [-0.4, -0.2) is 34.4 Å². The lowest BCUT2D eigenvalue weighted by Gasteiger charge is -2.55. The van der Waals surface area contributed by atoms with E-state index in [1.54, 1.807) is 19.3 Å². The Balaban J connectivity index is 1.38. The zero-order chi connectivity index (χ0) is 20.9. The van der Waals surface area contributed by atoms with E-state index in [2.05, 4.69) is 5.32 Å². The first kappa shape index (κ1) is 19.8. The normalized spacial score (nSPS) is 32.7. The minimum atomic E-state index is -0.315. The molecule has 5 fully saturated rings. The highest BCUT2D eigenvalue weighted by Crippen LogP contribution is 2.60. The maximum absolute atomic E-state index is 13.4. The van der Waals surface area contributed by atoms with Gasteiger partial charge < -0.3 is 14.8 Å². The number of hydrogen-bond acceptors (Lipinski definition) is 3. The first-order valence-corrected chi connectivity index (χ1v) is 11.7. The average molecular weight is 412 g/mol. The van der Waals surface area contributed by atoms with E-state index >= 15 is 0 Å². The third kappa shape index (κ3) is 3.48. The van der Waals surface area contributed by atoms with Gasteiger partial charge in [0.25, 0.3) is 11.5 Å². The maximum atomic E-state index is 13.4. The molecule has 6 rings (SSSR count). The SMILES string of the molecule is Cn1cc(C(=O)N2CCCCCC2)cc(NC(=O)C23CC4CC(CC(C4)C2)C3)c1=O. The molecule has 0 radical (unpaired) electrons. The van der Waals surface area contributed by atoms with E-state index in [-0.39, 0.29) is 28.5 Å². The summed E-state index contributed by atoms with van der Waals surface area (Å²) in [6.45, 7) is 1.52. The molecule has 2 heterocycles. The molecule has 1 aromatic heterocycles. The van der Waals surface area contributed by atoms with E-state index < -0.39 is 0 Å². The van der Waals surface area contributed by atoms with Gasteiger partial charge in [-0.1, -0.05) is 12.8 Å². The summed E-state index contributed by atoms with van der Waals surface area (Å²) in [5, 5.41) is 2.98. The van der Waals surface area contributed by atoms with E-state index in [0.29, 0.717) is 23.3 Å². The Hall–Kier alpha value is -2.11. The summed E-state index contributed by atoms with van der Waals surface area (Å²) in [6, 6.07) is 1.61. The fourth-order valence-corrected chi connectivity index (χ4v) is 7.02. The first-order valence-electron chi connectivity index (χ1n) is 11.7. The number of likely N-dealkylation sites (tertiary alicyclic amines) is 1. The monoisotopic (exact) mass is 411 g/mol. The van der Waals surface area contributed by atoms with Crippen molar-refractivity contribution in [3.8, 4) is 0 Å². The molecule has 1 N–H and O–H groups in total. The van der Waals surface area contributed by atoms with Crippen LogP contribution in [0.3, 0.4) is 0 Å². The molecule has 2 amide bonds. The maximum Gasteiger partial charge on any atom is 0.274 e. The number of aryl methyl sites for hydroxylation is 1. The second-order valence-corrected chi connectivity index (χ2v) is 10.4. The highest BCUT2D eigenvalue weighted by Gasteiger charge is 2.54. The molecule has 4 saturated carbocycles. The largest absolute Gasteiger partial charge is 0.339 e. The van der Waals surface area contributed by atoms with Gasteiger partial charge in [0, 0.05) is 26.3 Å². The number of aromatic nitrogens is 1. The van der Waals surface area contributed by atoms with Crippen molar-refractivity contribution < 1.29 is 9.59 Å². The summed E-state index contributed by atoms with van der Waals surface area (Å²) in [4.78, 5) is 41.1. The second kappa shape index (κ2) is 7.54. The van der Waals surface area contributed by atoms with Gasteiger partial charge in [-0.15, -0.1) is 0 Å². The van der Waals surface area contributed by atoms with Crippen LogP contribution in [0.2, 0.25) is 0 Å². The molecular weight excluding hydrogens is 378 g/mol. The Morgan fingerprint density at radius 1 is 0.967 bits per heavy atom. The number of nitrogens with one attached hydrogen (secondary N) is 1.